The zero-order chi connectivity index (χ0) is 13.4. The molecule has 3 aromatic rings. The quantitative estimate of drug-likeness (QED) is 0.562. The first-order valence-electron chi connectivity index (χ1n) is 5.99. The van der Waals surface area contributed by atoms with Crippen molar-refractivity contribution in [2.45, 2.75) is 6.42 Å². The number of aromatic hydroxyl groups is 1. The van der Waals surface area contributed by atoms with E-state index >= 15 is 0 Å². The molecular formula is C16H12O3. The predicted octanol–water partition coefficient (Wildman–Crippen LogP) is 3.38. The Morgan fingerprint density at radius 2 is 1.95 bits per heavy atom. The highest BCUT2D eigenvalue weighted by Crippen LogP contribution is 2.26. The third kappa shape index (κ3) is 1.80. The molecule has 0 atom stereocenters. The van der Waals surface area contributed by atoms with Gasteiger partial charge < -0.3 is 9.52 Å². The molecule has 94 valence electrons. The van der Waals surface area contributed by atoms with Crippen molar-refractivity contribution in [2.75, 3.05) is 0 Å². The van der Waals surface area contributed by atoms with Gasteiger partial charge in [0.05, 0.1) is 10.8 Å². The van der Waals surface area contributed by atoms with E-state index in [4.69, 9.17) is 4.42 Å². The minimum Gasteiger partial charge on any atom is -0.508 e. The fourth-order valence-corrected chi connectivity index (χ4v) is 2.20. The van der Waals surface area contributed by atoms with Gasteiger partial charge in [-0.3, -0.25) is 4.79 Å². The van der Waals surface area contributed by atoms with Gasteiger partial charge in [0.15, 0.2) is 0 Å². The number of benzene rings is 2. The summed E-state index contributed by atoms with van der Waals surface area (Å²) in [6, 6.07) is 10.2. The van der Waals surface area contributed by atoms with Crippen LogP contribution in [0.1, 0.15) is 5.56 Å². The van der Waals surface area contributed by atoms with Crippen LogP contribution in [0.25, 0.3) is 21.9 Å². The molecule has 0 amide bonds. The SMILES string of the molecule is C=CCc1cc2c(=O)c3ccccc3oc2cc1O. The van der Waals surface area contributed by atoms with E-state index in [1.54, 1.807) is 30.3 Å². The van der Waals surface area contributed by atoms with Gasteiger partial charge in [0.25, 0.3) is 0 Å². The van der Waals surface area contributed by atoms with Gasteiger partial charge in [-0.25, -0.2) is 0 Å². The summed E-state index contributed by atoms with van der Waals surface area (Å²) >= 11 is 0. The monoisotopic (exact) mass is 252 g/mol. The molecule has 3 rings (SSSR count). The average Bonchev–Trinajstić information content (AvgIpc) is 2.41. The van der Waals surface area contributed by atoms with Crippen LogP contribution < -0.4 is 5.43 Å². The topological polar surface area (TPSA) is 50.4 Å². The van der Waals surface area contributed by atoms with E-state index in [2.05, 4.69) is 6.58 Å². The maximum absolute atomic E-state index is 12.4. The Morgan fingerprint density at radius 3 is 2.74 bits per heavy atom. The van der Waals surface area contributed by atoms with Crippen LogP contribution in [-0.2, 0) is 6.42 Å². The number of phenolic OH excluding ortho intramolecular Hbond substituents is 1. The van der Waals surface area contributed by atoms with Gasteiger partial charge in [-0.05, 0) is 30.2 Å². The summed E-state index contributed by atoms with van der Waals surface area (Å²) in [5, 5.41) is 10.9. The predicted molar refractivity (Wildman–Crippen MR) is 75.6 cm³/mol. The second-order valence-corrected chi connectivity index (χ2v) is 4.40. The molecule has 0 aliphatic rings. The van der Waals surface area contributed by atoms with E-state index in [1.165, 1.54) is 6.07 Å². The Hall–Kier alpha value is -2.55. The molecule has 3 heteroatoms. The molecule has 0 unspecified atom stereocenters. The lowest BCUT2D eigenvalue weighted by Gasteiger charge is -2.05. The number of para-hydroxylation sites is 1. The molecule has 0 saturated heterocycles. The molecule has 0 saturated carbocycles. The average molecular weight is 252 g/mol. The third-order valence-corrected chi connectivity index (χ3v) is 3.14. The van der Waals surface area contributed by atoms with Crippen molar-refractivity contribution in [3.63, 3.8) is 0 Å². The van der Waals surface area contributed by atoms with E-state index in [-0.39, 0.29) is 11.2 Å². The molecule has 0 bridgehead atoms. The number of phenols is 1. The summed E-state index contributed by atoms with van der Waals surface area (Å²) in [4.78, 5) is 12.4. The highest BCUT2D eigenvalue weighted by molar-refractivity contribution is 5.90. The lowest BCUT2D eigenvalue weighted by molar-refractivity contribution is 0.469. The molecule has 0 spiro atoms. The number of hydrogen-bond acceptors (Lipinski definition) is 3. The highest BCUT2D eigenvalue weighted by atomic mass is 16.3. The summed E-state index contributed by atoms with van der Waals surface area (Å²) in [5.74, 6) is 0.117. The summed E-state index contributed by atoms with van der Waals surface area (Å²) in [6.45, 7) is 3.64. The summed E-state index contributed by atoms with van der Waals surface area (Å²) in [7, 11) is 0. The van der Waals surface area contributed by atoms with Crippen molar-refractivity contribution in [3.05, 3.63) is 64.8 Å². The molecule has 1 aromatic heterocycles. The van der Waals surface area contributed by atoms with Crippen molar-refractivity contribution in [3.8, 4) is 5.75 Å². The van der Waals surface area contributed by atoms with Crippen LogP contribution >= 0.6 is 0 Å². The zero-order valence-corrected chi connectivity index (χ0v) is 10.2. The molecule has 19 heavy (non-hydrogen) atoms. The Balaban J connectivity index is 2.45. The van der Waals surface area contributed by atoms with Gasteiger partial charge in [-0.1, -0.05) is 18.2 Å². The molecule has 1 N–H and O–H groups in total. The molecular weight excluding hydrogens is 240 g/mol. The van der Waals surface area contributed by atoms with Crippen LogP contribution in [0.4, 0.5) is 0 Å². The minimum absolute atomic E-state index is 0.0813. The first-order valence-corrected chi connectivity index (χ1v) is 5.99. The van der Waals surface area contributed by atoms with E-state index in [9.17, 15) is 9.90 Å². The Bertz CT molecular complexity index is 844. The van der Waals surface area contributed by atoms with Crippen LogP contribution in [0, 0.1) is 0 Å². The van der Waals surface area contributed by atoms with Crippen molar-refractivity contribution in [1.29, 1.82) is 0 Å². The van der Waals surface area contributed by atoms with E-state index < -0.39 is 0 Å². The summed E-state index contributed by atoms with van der Waals surface area (Å²) in [5.41, 5.74) is 1.51. The normalized spacial score (nSPS) is 10.9. The number of hydrogen-bond donors (Lipinski definition) is 1. The van der Waals surface area contributed by atoms with Gasteiger partial charge in [-0.15, -0.1) is 6.58 Å². The number of allylic oxidation sites excluding steroid dienone is 1. The number of rotatable bonds is 2. The van der Waals surface area contributed by atoms with Gasteiger partial charge in [-0.2, -0.15) is 0 Å². The Kier molecular flexibility index (Phi) is 2.60. The molecule has 3 nitrogen and oxygen atoms in total. The van der Waals surface area contributed by atoms with Crippen LogP contribution in [0.2, 0.25) is 0 Å². The standard InChI is InChI=1S/C16H12O3/c1-2-5-10-8-12-15(9-13(10)17)19-14-7-4-3-6-11(14)16(12)18/h2-4,6-9,17H,1,5H2. The van der Waals surface area contributed by atoms with Gasteiger partial charge in [0.2, 0.25) is 5.43 Å². The van der Waals surface area contributed by atoms with E-state index in [0.717, 1.165) is 0 Å². The highest BCUT2D eigenvalue weighted by Gasteiger charge is 2.10. The van der Waals surface area contributed by atoms with Crippen molar-refractivity contribution in [1.82, 2.24) is 0 Å². The molecule has 0 aliphatic carbocycles. The third-order valence-electron chi connectivity index (χ3n) is 3.14. The second kappa shape index (κ2) is 4.28. The van der Waals surface area contributed by atoms with Crippen LogP contribution in [0.15, 0.2) is 58.3 Å². The van der Waals surface area contributed by atoms with Crippen LogP contribution in [0.5, 0.6) is 5.75 Å². The minimum atomic E-state index is -0.0813. The fourth-order valence-electron chi connectivity index (χ4n) is 2.20. The molecule has 0 radical (unpaired) electrons. The molecule has 2 aromatic carbocycles. The Labute approximate surface area is 109 Å². The van der Waals surface area contributed by atoms with Gasteiger partial charge in [0, 0.05) is 6.07 Å². The van der Waals surface area contributed by atoms with Crippen molar-refractivity contribution < 1.29 is 9.52 Å². The smallest absolute Gasteiger partial charge is 0.200 e. The summed E-state index contributed by atoms with van der Waals surface area (Å²) < 4.78 is 5.66. The first kappa shape index (κ1) is 11.5. The molecule has 0 aliphatic heterocycles. The van der Waals surface area contributed by atoms with Crippen LogP contribution in [-0.4, -0.2) is 5.11 Å². The lowest BCUT2D eigenvalue weighted by Crippen LogP contribution is -2.02. The van der Waals surface area contributed by atoms with E-state index in [1.807, 2.05) is 6.07 Å². The maximum atomic E-state index is 12.4. The molecule has 1 heterocycles. The van der Waals surface area contributed by atoms with Gasteiger partial charge in [0.1, 0.15) is 16.9 Å². The van der Waals surface area contributed by atoms with E-state index in [0.29, 0.717) is 33.9 Å². The van der Waals surface area contributed by atoms with Gasteiger partial charge >= 0.3 is 0 Å². The Morgan fingerprint density at radius 1 is 1.16 bits per heavy atom. The maximum Gasteiger partial charge on any atom is 0.200 e. The first-order chi connectivity index (χ1) is 9.20. The van der Waals surface area contributed by atoms with Crippen LogP contribution in [0.3, 0.4) is 0 Å². The zero-order valence-electron chi connectivity index (χ0n) is 10.2. The van der Waals surface area contributed by atoms with Crippen molar-refractivity contribution >= 4 is 21.9 Å². The lowest BCUT2D eigenvalue weighted by atomic mass is 10.1. The van der Waals surface area contributed by atoms with Crippen molar-refractivity contribution in [2.24, 2.45) is 0 Å². The second-order valence-electron chi connectivity index (χ2n) is 4.40. The largest absolute Gasteiger partial charge is 0.508 e. The summed E-state index contributed by atoms with van der Waals surface area (Å²) in [6.07, 6.45) is 2.19. The number of fused-ring (bicyclic) bond motifs is 2. The molecule has 0 fully saturated rings. The fraction of sp³-hybridized carbons (Fsp3) is 0.0625.